The number of halogens is 3. The van der Waals surface area contributed by atoms with Gasteiger partial charge < -0.3 is 10.2 Å². The minimum atomic E-state index is -1.58. The Kier molecular flexibility index (Phi) is 4.57. The summed E-state index contributed by atoms with van der Waals surface area (Å²) in [6.07, 6.45) is 0.864. The van der Waals surface area contributed by atoms with Crippen LogP contribution >= 0.6 is 0 Å². The SMILES string of the molecule is C[C@@H](C(=O)Nc1ccc(F)c(F)c1F)[NH+]1CCc2ccccc2C1. The molecule has 6 heteroatoms. The molecule has 0 bridgehead atoms. The van der Waals surface area contributed by atoms with Crippen molar-refractivity contribution in [1.82, 2.24) is 0 Å². The van der Waals surface area contributed by atoms with Crippen molar-refractivity contribution in [2.24, 2.45) is 0 Å². The van der Waals surface area contributed by atoms with Crippen molar-refractivity contribution in [3.8, 4) is 0 Å². The third kappa shape index (κ3) is 3.14. The van der Waals surface area contributed by atoms with E-state index in [9.17, 15) is 18.0 Å². The second-order valence-electron chi connectivity index (χ2n) is 6.04. The average molecular weight is 335 g/mol. The van der Waals surface area contributed by atoms with E-state index >= 15 is 0 Å². The molecule has 2 N–H and O–H groups in total. The van der Waals surface area contributed by atoms with Gasteiger partial charge in [0.15, 0.2) is 23.5 Å². The van der Waals surface area contributed by atoms with Crippen LogP contribution in [0, 0.1) is 17.5 Å². The highest BCUT2D eigenvalue weighted by atomic mass is 19.2. The Balaban J connectivity index is 1.71. The van der Waals surface area contributed by atoms with E-state index in [4.69, 9.17) is 0 Å². The number of hydrogen-bond donors (Lipinski definition) is 2. The van der Waals surface area contributed by atoms with Gasteiger partial charge in [-0.2, -0.15) is 0 Å². The summed E-state index contributed by atoms with van der Waals surface area (Å²) in [6.45, 7) is 3.23. The highest BCUT2D eigenvalue weighted by Crippen LogP contribution is 2.19. The topological polar surface area (TPSA) is 33.5 Å². The third-order valence-electron chi connectivity index (χ3n) is 4.55. The fraction of sp³-hybridized carbons (Fsp3) is 0.278. The molecule has 126 valence electrons. The maximum atomic E-state index is 13.7. The predicted octanol–water partition coefficient (Wildman–Crippen LogP) is 2.07. The molecule has 0 fully saturated rings. The van der Waals surface area contributed by atoms with Crippen LogP contribution in [0.15, 0.2) is 36.4 Å². The molecule has 0 spiro atoms. The number of quaternary nitrogens is 1. The summed E-state index contributed by atoms with van der Waals surface area (Å²) in [5.41, 5.74) is 2.13. The summed E-state index contributed by atoms with van der Waals surface area (Å²) < 4.78 is 39.9. The summed E-state index contributed by atoms with van der Waals surface area (Å²) >= 11 is 0. The average Bonchev–Trinajstić information content (AvgIpc) is 2.61. The predicted molar refractivity (Wildman–Crippen MR) is 84.1 cm³/mol. The van der Waals surface area contributed by atoms with E-state index in [-0.39, 0.29) is 5.69 Å². The number of fused-ring (bicyclic) bond motifs is 1. The fourth-order valence-electron chi connectivity index (χ4n) is 3.02. The van der Waals surface area contributed by atoms with E-state index in [1.54, 1.807) is 6.92 Å². The van der Waals surface area contributed by atoms with Crippen molar-refractivity contribution in [2.45, 2.75) is 25.9 Å². The van der Waals surface area contributed by atoms with Crippen LogP contribution in [-0.2, 0) is 17.8 Å². The Morgan fingerprint density at radius 2 is 1.79 bits per heavy atom. The summed E-state index contributed by atoms with van der Waals surface area (Å²) in [6, 6.07) is 9.45. The van der Waals surface area contributed by atoms with Gasteiger partial charge in [0.2, 0.25) is 0 Å². The zero-order valence-electron chi connectivity index (χ0n) is 13.2. The molecule has 1 aliphatic heterocycles. The van der Waals surface area contributed by atoms with E-state index < -0.39 is 29.4 Å². The quantitative estimate of drug-likeness (QED) is 0.828. The first-order valence-corrected chi connectivity index (χ1v) is 7.83. The van der Waals surface area contributed by atoms with Gasteiger partial charge in [-0.15, -0.1) is 0 Å². The van der Waals surface area contributed by atoms with Crippen molar-refractivity contribution in [3.63, 3.8) is 0 Å². The van der Waals surface area contributed by atoms with Crippen molar-refractivity contribution in [2.75, 3.05) is 11.9 Å². The zero-order valence-corrected chi connectivity index (χ0v) is 13.2. The molecule has 2 aromatic carbocycles. The van der Waals surface area contributed by atoms with Crippen LogP contribution in [0.2, 0.25) is 0 Å². The molecule has 1 heterocycles. The van der Waals surface area contributed by atoms with E-state index in [1.165, 1.54) is 11.1 Å². The molecular weight excluding hydrogens is 317 g/mol. The molecule has 3 nitrogen and oxygen atoms in total. The van der Waals surface area contributed by atoms with Crippen LogP contribution in [0.3, 0.4) is 0 Å². The minimum absolute atomic E-state index is 0.345. The lowest BCUT2D eigenvalue weighted by Crippen LogP contribution is -3.16. The Bertz CT molecular complexity index is 779. The first kappa shape index (κ1) is 16.5. The highest BCUT2D eigenvalue weighted by molar-refractivity contribution is 5.93. The maximum Gasteiger partial charge on any atom is 0.282 e. The zero-order chi connectivity index (χ0) is 17.3. The second-order valence-corrected chi connectivity index (χ2v) is 6.04. The minimum Gasteiger partial charge on any atom is -0.321 e. The van der Waals surface area contributed by atoms with Gasteiger partial charge in [-0.25, -0.2) is 13.2 Å². The molecule has 0 radical (unpaired) electrons. The lowest BCUT2D eigenvalue weighted by atomic mass is 9.99. The fourth-order valence-corrected chi connectivity index (χ4v) is 3.02. The second kappa shape index (κ2) is 6.65. The molecule has 3 rings (SSSR count). The number of rotatable bonds is 3. The van der Waals surface area contributed by atoms with Crippen molar-refractivity contribution >= 4 is 11.6 Å². The van der Waals surface area contributed by atoms with Crippen molar-refractivity contribution in [1.29, 1.82) is 0 Å². The molecule has 0 aromatic heterocycles. The summed E-state index contributed by atoms with van der Waals surface area (Å²) in [5.74, 6) is -4.67. The summed E-state index contributed by atoms with van der Waals surface area (Å²) in [4.78, 5) is 13.4. The van der Waals surface area contributed by atoms with Gasteiger partial charge in [-0.05, 0) is 24.6 Å². The Labute approximate surface area is 138 Å². The smallest absolute Gasteiger partial charge is 0.282 e. The van der Waals surface area contributed by atoms with Gasteiger partial charge in [0.1, 0.15) is 6.54 Å². The van der Waals surface area contributed by atoms with Crippen molar-refractivity contribution < 1.29 is 22.9 Å². The molecule has 0 saturated carbocycles. The molecule has 1 unspecified atom stereocenters. The van der Waals surface area contributed by atoms with E-state index in [0.717, 1.165) is 30.0 Å². The largest absolute Gasteiger partial charge is 0.321 e. The number of anilines is 1. The number of carbonyl (C=O) groups excluding carboxylic acids is 1. The van der Waals surface area contributed by atoms with E-state index in [0.29, 0.717) is 6.54 Å². The number of benzene rings is 2. The van der Waals surface area contributed by atoms with Crippen LogP contribution in [0.5, 0.6) is 0 Å². The number of hydrogen-bond acceptors (Lipinski definition) is 1. The molecule has 1 aliphatic rings. The first-order valence-electron chi connectivity index (χ1n) is 7.83. The number of amides is 1. The Morgan fingerprint density at radius 3 is 2.54 bits per heavy atom. The Morgan fingerprint density at radius 1 is 1.08 bits per heavy atom. The Hall–Kier alpha value is -2.34. The van der Waals surface area contributed by atoms with Crippen LogP contribution < -0.4 is 10.2 Å². The van der Waals surface area contributed by atoms with Gasteiger partial charge in [-0.3, -0.25) is 4.79 Å². The molecular formula is C18H18F3N2O+. The van der Waals surface area contributed by atoms with Gasteiger partial charge in [0.05, 0.1) is 12.2 Å². The lowest BCUT2D eigenvalue weighted by molar-refractivity contribution is -0.929. The van der Waals surface area contributed by atoms with Crippen LogP contribution in [0.25, 0.3) is 0 Å². The number of nitrogens with one attached hydrogen (secondary N) is 2. The van der Waals surface area contributed by atoms with E-state index in [1.807, 2.05) is 18.2 Å². The van der Waals surface area contributed by atoms with Gasteiger partial charge in [-0.1, -0.05) is 24.3 Å². The first-order chi connectivity index (χ1) is 11.5. The van der Waals surface area contributed by atoms with Crippen LogP contribution in [-0.4, -0.2) is 18.5 Å². The van der Waals surface area contributed by atoms with Crippen molar-refractivity contribution in [3.05, 3.63) is 65.0 Å². The standard InChI is InChI=1S/C18H17F3N2O/c1-11(23-9-8-12-4-2-3-5-13(12)10-23)18(24)22-15-7-6-14(19)16(20)17(15)21/h2-7,11H,8-10H2,1H3,(H,22,24)/p+1/t11-/m0/s1. The van der Waals surface area contributed by atoms with Crippen LogP contribution in [0.4, 0.5) is 18.9 Å². The molecule has 0 aliphatic carbocycles. The number of carbonyl (C=O) groups is 1. The van der Waals surface area contributed by atoms with Gasteiger partial charge in [0, 0.05) is 12.0 Å². The van der Waals surface area contributed by atoms with Crippen LogP contribution in [0.1, 0.15) is 18.1 Å². The normalized spacial score (nSPS) is 17.9. The molecule has 2 atom stereocenters. The third-order valence-corrected chi connectivity index (χ3v) is 4.55. The summed E-state index contributed by atoms with van der Waals surface area (Å²) in [5, 5.41) is 2.36. The molecule has 2 aromatic rings. The van der Waals surface area contributed by atoms with Gasteiger partial charge in [0.25, 0.3) is 5.91 Å². The highest BCUT2D eigenvalue weighted by Gasteiger charge is 2.29. The van der Waals surface area contributed by atoms with E-state index in [2.05, 4.69) is 11.4 Å². The lowest BCUT2D eigenvalue weighted by Gasteiger charge is -2.30. The molecule has 1 amide bonds. The molecule has 0 saturated heterocycles. The molecule has 24 heavy (non-hydrogen) atoms. The van der Waals surface area contributed by atoms with Gasteiger partial charge >= 0.3 is 0 Å². The summed E-state index contributed by atoms with van der Waals surface area (Å²) in [7, 11) is 0. The maximum absolute atomic E-state index is 13.7. The monoisotopic (exact) mass is 335 g/mol.